The topological polar surface area (TPSA) is 119 Å². The molecule has 6 rings (SSSR count). The third-order valence-electron chi connectivity index (χ3n) is 7.49. The van der Waals surface area contributed by atoms with Gasteiger partial charge < -0.3 is 16.0 Å². The number of nitrogens with one attached hydrogen (secondary N) is 1. The standard InChI is InChI=1S/C28H24F3N7O2/c1-2-22(40)38-19-13-20(35-14-19)24(38)27-36-23(25-26(32)34-9-10-37(25)27)16-5-3-15(4-6-16)21(39)12-18-11-17(7-8-33-18)28(29,30)31/h2-11,19-20,24,35H,1,12-14H2,(H2,32,34)/t19?,20-,24?/m0/s1. The molecule has 3 aromatic heterocycles. The van der Waals surface area contributed by atoms with E-state index in [4.69, 9.17) is 10.7 Å². The van der Waals surface area contributed by atoms with Crippen LogP contribution in [0.5, 0.6) is 0 Å². The number of ketones is 1. The molecular formula is C28H24F3N7O2. The monoisotopic (exact) mass is 547 g/mol. The van der Waals surface area contributed by atoms with E-state index in [0.717, 1.165) is 24.8 Å². The molecule has 2 aliphatic heterocycles. The largest absolute Gasteiger partial charge is 0.416 e. The normalized spacial score (nSPS) is 20.3. The number of alkyl halides is 3. The van der Waals surface area contributed by atoms with Gasteiger partial charge in [0.05, 0.1) is 12.0 Å². The molecule has 2 fully saturated rings. The molecule has 2 bridgehead atoms. The quantitative estimate of drug-likeness (QED) is 0.280. The maximum Gasteiger partial charge on any atom is 0.416 e. The number of amides is 1. The fourth-order valence-corrected chi connectivity index (χ4v) is 5.68. The number of likely N-dealkylation sites (tertiary alicyclic amines) is 1. The molecule has 204 valence electrons. The summed E-state index contributed by atoms with van der Waals surface area (Å²) < 4.78 is 40.9. The van der Waals surface area contributed by atoms with Gasteiger partial charge in [0, 0.05) is 54.0 Å². The Kier molecular flexibility index (Phi) is 6.14. The van der Waals surface area contributed by atoms with E-state index in [9.17, 15) is 22.8 Å². The van der Waals surface area contributed by atoms with Crippen molar-refractivity contribution < 1.29 is 22.8 Å². The van der Waals surface area contributed by atoms with Crippen molar-refractivity contribution in [1.82, 2.24) is 29.6 Å². The van der Waals surface area contributed by atoms with Crippen LogP contribution in [0.2, 0.25) is 0 Å². The van der Waals surface area contributed by atoms with Gasteiger partial charge in [-0.1, -0.05) is 30.8 Å². The maximum absolute atomic E-state index is 13.0. The zero-order valence-electron chi connectivity index (χ0n) is 21.1. The van der Waals surface area contributed by atoms with E-state index in [1.165, 1.54) is 6.08 Å². The third-order valence-corrected chi connectivity index (χ3v) is 7.49. The molecule has 9 nitrogen and oxygen atoms in total. The number of nitrogens with two attached hydrogens (primary N) is 1. The molecule has 2 aliphatic rings. The number of halogens is 3. The van der Waals surface area contributed by atoms with E-state index in [1.54, 1.807) is 36.7 Å². The Bertz CT molecular complexity index is 1650. The van der Waals surface area contributed by atoms with Crippen LogP contribution in [0.15, 0.2) is 67.6 Å². The number of nitrogen functional groups attached to an aromatic ring is 1. The first-order chi connectivity index (χ1) is 19.2. The number of imidazole rings is 1. The number of carbonyl (C=O) groups is 2. The Morgan fingerprint density at radius 3 is 2.65 bits per heavy atom. The first-order valence-corrected chi connectivity index (χ1v) is 12.6. The van der Waals surface area contributed by atoms with Crippen LogP contribution in [0.25, 0.3) is 16.8 Å². The Morgan fingerprint density at radius 1 is 1.15 bits per heavy atom. The molecule has 12 heteroatoms. The average molecular weight is 548 g/mol. The number of anilines is 1. The summed E-state index contributed by atoms with van der Waals surface area (Å²) in [6.45, 7) is 4.36. The summed E-state index contributed by atoms with van der Waals surface area (Å²) in [7, 11) is 0. The van der Waals surface area contributed by atoms with E-state index in [0.29, 0.717) is 34.7 Å². The molecule has 0 spiro atoms. The van der Waals surface area contributed by atoms with Gasteiger partial charge in [0.1, 0.15) is 28.9 Å². The molecule has 1 amide bonds. The number of hydrogen-bond acceptors (Lipinski definition) is 7. The summed E-state index contributed by atoms with van der Waals surface area (Å²) in [4.78, 5) is 40.5. The SMILES string of the molecule is C=CC(=O)N1C2CN[C@@H](C2)C1c1nc(-c2ccc(C(=O)Cc3cc(C(F)(F)F)ccn3)cc2)c2c(N)nccn12. The van der Waals surface area contributed by atoms with E-state index in [-0.39, 0.29) is 47.7 Å². The summed E-state index contributed by atoms with van der Waals surface area (Å²) in [6.07, 6.45) is 1.68. The van der Waals surface area contributed by atoms with Crippen molar-refractivity contribution in [3.05, 3.63) is 90.3 Å². The maximum atomic E-state index is 13.0. The number of fused-ring (bicyclic) bond motifs is 3. The molecule has 0 aliphatic carbocycles. The Balaban J connectivity index is 1.33. The second-order valence-electron chi connectivity index (χ2n) is 9.86. The van der Waals surface area contributed by atoms with Crippen molar-refractivity contribution in [3.8, 4) is 11.3 Å². The zero-order chi connectivity index (χ0) is 28.2. The first-order valence-electron chi connectivity index (χ1n) is 12.6. The molecule has 5 heterocycles. The number of Topliss-reactive ketones (excluding diaryl/α,β-unsaturated/α-hetero) is 1. The molecule has 4 aromatic rings. The van der Waals surface area contributed by atoms with Gasteiger partial charge in [0.25, 0.3) is 0 Å². The van der Waals surface area contributed by atoms with E-state index < -0.39 is 11.7 Å². The van der Waals surface area contributed by atoms with Crippen LogP contribution >= 0.6 is 0 Å². The lowest BCUT2D eigenvalue weighted by molar-refractivity contribution is -0.137. The number of piperazine rings is 1. The highest BCUT2D eigenvalue weighted by molar-refractivity contribution is 5.98. The van der Waals surface area contributed by atoms with Crippen molar-refractivity contribution >= 4 is 23.0 Å². The second kappa shape index (κ2) is 9.56. The van der Waals surface area contributed by atoms with Crippen molar-refractivity contribution in [1.29, 1.82) is 0 Å². The molecule has 2 unspecified atom stereocenters. The highest BCUT2D eigenvalue weighted by atomic mass is 19.4. The predicted molar refractivity (Wildman–Crippen MR) is 140 cm³/mol. The van der Waals surface area contributed by atoms with Gasteiger partial charge in [-0.25, -0.2) is 9.97 Å². The number of carbonyl (C=O) groups excluding carboxylic acids is 2. The minimum absolute atomic E-state index is 0.0196. The van der Waals surface area contributed by atoms with Crippen LogP contribution in [-0.2, 0) is 17.4 Å². The fraction of sp³-hybridized carbons (Fsp3) is 0.250. The lowest BCUT2D eigenvalue weighted by Crippen LogP contribution is -2.48. The van der Waals surface area contributed by atoms with Crippen LogP contribution in [0, 0.1) is 0 Å². The van der Waals surface area contributed by atoms with Crippen molar-refractivity contribution in [2.24, 2.45) is 0 Å². The summed E-state index contributed by atoms with van der Waals surface area (Å²) in [6, 6.07) is 8.06. The van der Waals surface area contributed by atoms with Crippen LogP contribution in [0.4, 0.5) is 19.0 Å². The van der Waals surface area contributed by atoms with Crippen molar-refractivity contribution in [3.63, 3.8) is 0 Å². The predicted octanol–water partition coefficient (Wildman–Crippen LogP) is 3.62. The van der Waals surface area contributed by atoms with Gasteiger partial charge in [-0.15, -0.1) is 0 Å². The molecule has 0 saturated carbocycles. The van der Waals surface area contributed by atoms with E-state index in [2.05, 4.69) is 21.9 Å². The van der Waals surface area contributed by atoms with Gasteiger partial charge in [-0.3, -0.25) is 19.0 Å². The van der Waals surface area contributed by atoms with E-state index in [1.807, 2.05) is 9.30 Å². The molecule has 40 heavy (non-hydrogen) atoms. The first kappa shape index (κ1) is 25.7. The smallest absolute Gasteiger partial charge is 0.382 e. The van der Waals surface area contributed by atoms with Gasteiger partial charge in [-0.2, -0.15) is 13.2 Å². The average Bonchev–Trinajstić information content (AvgIpc) is 3.66. The molecule has 1 aromatic carbocycles. The fourth-order valence-electron chi connectivity index (χ4n) is 5.68. The lowest BCUT2D eigenvalue weighted by atomic mass is 10.0. The Labute approximate surface area is 226 Å². The number of rotatable bonds is 6. The summed E-state index contributed by atoms with van der Waals surface area (Å²) in [5.41, 5.74) is 7.55. The highest BCUT2D eigenvalue weighted by Gasteiger charge is 2.50. The molecular weight excluding hydrogens is 523 g/mol. The Hall–Kier alpha value is -4.58. The summed E-state index contributed by atoms with van der Waals surface area (Å²) >= 11 is 0. The van der Waals surface area contributed by atoms with Crippen LogP contribution in [-0.4, -0.2) is 54.6 Å². The van der Waals surface area contributed by atoms with Gasteiger partial charge in [0.15, 0.2) is 5.78 Å². The molecule has 0 radical (unpaired) electrons. The van der Waals surface area contributed by atoms with Crippen LogP contribution < -0.4 is 11.1 Å². The summed E-state index contributed by atoms with van der Waals surface area (Å²) in [5.74, 6) is 0.341. The number of hydrogen-bond donors (Lipinski definition) is 2. The number of pyridine rings is 1. The minimum Gasteiger partial charge on any atom is -0.382 e. The van der Waals surface area contributed by atoms with Gasteiger partial charge >= 0.3 is 6.18 Å². The third kappa shape index (κ3) is 4.30. The minimum atomic E-state index is -4.52. The van der Waals surface area contributed by atoms with Gasteiger partial charge in [0.2, 0.25) is 5.91 Å². The number of benzene rings is 1. The van der Waals surface area contributed by atoms with E-state index >= 15 is 0 Å². The highest BCUT2D eigenvalue weighted by Crippen LogP contribution is 2.42. The summed E-state index contributed by atoms with van der Waals surface area (Å²) in [5, 5.41) is 3.46. The van der Waals surface area contributed by atoms with Crippen LogP contribution in [0.1, 0.15) is 39.9 Å². The number of nitrogens with zero attached hydrogens (tertiary/aromatic N) is 5. The molecule has 2 saturated heterocycles. The lowest BCUT2D eigenvalue weighted by Gasteiger charge is -2.34. The van der Waals surface area contributed by atoms with Crippen LogP contribution in [0.3, 0.4) is 0 Å². The van der Waals surface area contributed by atoms with Crippen molar-refractivity contribution in [2.45, 2.75) is 37.1 Å². The number of aromatic nitrogens is 4. The molecule has 3 N–H and O–H groups in total. The molecule has 3 atom stereocenters. The zero-order valence-corrected chi connectivity index (χ0v) is 21.1. The van der Waals surface area contributed by atoms with Gasteiger partial charge in [-0.05, 0) is 24.6 Å². The van der Waals surface area contributed by atoms with Crippen molar-refractivity contribution in [2.75, 3.05) is 12.3 Å². The second-order valence-corrected chi connectivity index (χ2v) is 9.86. The Morgan fingerprint density at radius 2 is 1.93 bits per heavy atom.